The van der Waals surface area contributed by atoms with Gasteiger partial charge in [-0.2, -0.15) is 0 Å². The fraction of sp³-hybridized carbons (Fsp3) is 0.0526. The van der Waals surface area contributed by atoms with E-state index in [1.165, 1.54) is 77.5 Å². The van der Waals surface area contributed by atoms with E-state index in [1.54, 1.807) is 0 Å². The zero-order valence-corrected chi connectivity index (χ0v) is 32.8. The maximum atomic E-state index is 2.40. The van der Waals surface area contributed by atoms with Crippen molar-refractivity contribution in [3.05, 3.63) is 235 Å². The van der Waals surface area contributed by atoms with E-state index in [9.17, 15) is 0 Å². The molecule has 0 amide bonds. The third-order valence-electron chi connectivity index (χ3n) is 11.8. The van der Waals surface area contributed by atoms with E-state index in [0.29, 0.717) is 0 Å². The second-order valence-electron chi connectivity index (χ2n) is 15.8. The van der Waals surface area contributed by atoms with Crippen LogP contribution in [0.3, 0.4) is 0 Å². The Bertz CT molecular complexity index is 2880. The van der Waals surface area contributed by atoms with Gasteiger partial charge in [0.05, 0.1) is 0 Å². The molecule has 1 aliphatic carbocycles. The number of para-hydroxylation sites is 2. The van der Waals surface area contributed by atoms with Crippen LogP contribution in [-0.4, -0.2) is 0 Å². The molecule has 0 N–H and O–H groups in total. The molecule has 10 rings (SSSR count). The van der Waals surface area contributed by atoms with Crippen LogP contribution in [0.4, 0.5) is 17.1 Å². The smallest absolute Gasteiger partial charge is 0.0465 e. The van der Waals surface area contributed by atoms with E-state index in [1.807, 2.05) is 0 Å². The van der Waals surface area contributed by atoms with E-state index >= 15 is 0 Å². The minimum Gasteiger partial charge on any atom is -0.310 e. The van der Waals surface area contributed by atoms with Gasteiger partial charge in [0.1, 0.15) is 0 Å². The summed E-state index contributed by atoms with van der Waals surface area (Å²) in [5.74, 6) is 0. The highest BCUT2D eigenvalue weighted by Gasteiger charge is 2.36. The molecule has 1 aliphatic rings. The van der Waals surface area contributed by atoms with Gasteiger partial charge in [-0.25, -0.2) is 0 Å². The van der Waals surface area contributed by atoms with E-state index < -0.39 is 0 Å². The number of anilines is 3. The number of rotatable bonds is 8. The molecule has 0 radical (unpaired) electrons. The van der Waals surface area contributed by atoms with Crippen LogP contribution < -0.4 is 4.90 Å². The zero-order valence-electron chi connectivity index (χ0n) is 32.8. The molecule has 0 aromatic heterocycles. The molecule has 0 heterocycles. The second kappa shape index (κ2) is 14.7. The van der Waals surface area contributed by atoms with Crippen molar-refractivity contribution in [3.8, 4) is 44.5 Å². The summed E-state index contributed by atoms with van der Waals surface area (Å²) in [6, 6.07) is 77.1. The van der Waals surface area contributed by atoms with Crippen molar-refractivity contribution in [2.24, 2.45) is 0 Å². The fourth-order valence-corrected chi connectivity index (χ4v) is 8.74. The molecular weight excluding hydrogens is 699 g/mol. The molecule has 0 spiro atoms. The van der Waals surface area contributed by atoms with Crippen LogP contribution >= 0.6 is 0 Å². The summed E-state index contributed by atoms with van der Waals surface area (Å²) in [5, 5.41) is 2.49. The Labute approximate surface area is 341 Å². The lowest BCUT2D eigenvalue weighted by Crippen LogP contribution is -2.16. The minimum absolute atomic E-state index is 0.148. The van der Waals surface area contributed by atoms with E-state index in [4.69, 9.17) is 0 Å². The third-order valence-corrected chi connectivity index (χ3v) is 11.8. The van der Waals surface area contributed by atoms with Crippen LogP contribution in [0.2, 0.25) is 0 Å². The first-order chi connectivity index (χ1) is 28.5. The molecule has 1 heteroatoms. The molecule has 0 saturated heterocycles. The Balaban J connectivity index is 0.931. The van der Waals surface area contributed by atoms with Gasteiger partial charge < -0.3 is 4.90 Å². The highest BCUT2D eigenvalue weighted by Crippen LogP contribution is 2.51. The van der Waals surface area contributed by atoms with Gasteiger partial charge in [0.15, 0.2) is 0 Å². The normalized spacial score (nSPS) is 12.7. The first-order valence-corrected chi connectivity index (χ1v) is 20.2. The fourth-order valence-electron chi connectivity index (χ4n) is 8.74. The molecule has 0 bridgehead atoms. The Morgan fingerprint density at radius 3 is 1.34 bits per heavy atom. The number of nitrogens with zero attached hydrogens (tertiary/aromatic N) is 1. The SMILES string of the molecule is CC1(C)c2cc(/C=C/c3ccc(-c4cc5ccccc5cc4-c4ccc(-c5ccccc5)cc4)cc3)ccc2-c2ccc(N(c3ccccc3)c3ccccc3)cc21. The predicted octanol–water partition coefficient (Wildman–Crippen LogP) is 15.8. The van der Waals surface area contributed by atoms with Crippen LogP contribution in [0.25, 0.3) is 67.4 Å². The molecule has 0 atom stereocenters. The summed E-state index contributed by atoms with van der Waals surface area (Å²) in [6.07, 6.45) is 4.49. The van der Waals surface area contributed by atoms with Gasteiger partial charge >= 0.3 is 0 Å². The van der Waals surface area contributed by atoms with Crippen molar-refractivity contribution in [1.29, 1.82) is 0 Å². The van der Waals surface area contributed by atoms with Crippen molar-refractivity contribution >= 4 is 40.0 Å². The van der Waals surface area contributed by atoms with Gasteiger partial charge in [0, 0.05) is 22.5 Å². The summed E-state index contributed by atoms with van der Waals surface area (Å²) in [4.78, 5) is 2.35. The molecule has 9 aromatic rings. The van der Waals surface area contributed by atoms with Crippen molar-refractivity contribution in [2.45, 2.75) is 19.3 Å². The van der Waals surface area contributed by atoms with Crippen LogP contribution in [0, 0.1) is 0 Å². The summed E-state index contributed by atoms with van der Waals surface area (Å²) in [6.45, 7) is 4.73. The van der Waals surface area contributed by atoms with E-state index in [2.05, 4.69) is 243 Å². The second-order valence-corrected chi connectivity index (χ2v) is 15.8. The predicted molar refractivity (Wildman–Crippen MR) is 248 cm³/mol. The summed E-state index contributed by atoms with van der Waals surface area (Å²) in [7, 11) is 0. The first kappa shape index (κ1) is 35.2. The molecule has 0 aliphatic heterocycles. The first-order valence-electron chi connectivity index (χ1n) is 20.2. The van der Waals surface area contributed by atoms with Crippen molar-refractivity contribution in [2.75, 3.05) is 4.90 Å². The largest absolute Gasteiger partial charge is 0.310 e. The van der Waals surface area contributed by atoms with Crippen molar-refractivity contribution in [3.63, 3.8) is 0 Å². The number of hydrogen-bond acceptors (Lipinski definition) is 1. The number of hydrogen-bond donors (Lipinski definition) is 0. The molecule has 9 aromatic carbocycles. The molecule has 0 saturated carbocycles. The van der Waals surface area contributed by atoms with Crippen LogP contribution in [0.15, 0.2) is 212 Å². The summed E-state index contributed by atoms with van der Waals surface area (Å²) < 4.78 is 0. The van der Waals surface area contributed by atoms with Gasteiger partial charge in [-0.15, -0.1) is 0 Å². The lowest BCUT2D eigenvalue weighted by Gasteiger charge is -2.28. The molecule has 0 fully saturated rings. The summed E-state index contributed by atoms with van der Waals surface area (Å²) in [5.41, 5.74) is 18.4. The van der Waals surface area contributed by atoms with Crippen molar-refractivity contribution in [1.82, 2.24) is 0 Å². The molecule has 276 valence electrons. The molecule has 58 heavy (non-hydrogen) atoms. The molecule has 1 nitrogen and oxygen atoms in total. The minimum atomic E-state index is -0.148. The molecule has 0 unspecified atom stereocenters. The maximum Gasteiger partial charge on any atom is 0.0465 e. The van der Waals surface area contributed by atoms with Crippen LogP contribution in [0.5, 0.6) is 0 Å². The topological polar surface area (TPSA) is 3.24 Å². The lowest BCUT2D eigenvalue weighted by atomic mass is 9.81. The summed E-state index contributed by atoms with van der Waals surface area (Å²) >= 11 is 0. The quantitative estimate of drug-likeness (QED) is 0.140. The maximum absolute atomic E-state index is 2.40. The highest BCUT2D eigenvalue weighted by molar-refractivity contribution is 5.97. The Kier molecular flexibility index (Phi) is 8.92. The average molecular weight is 742 g/mol. The Morgan fingerprint density at radius 2 is 0.759 bits per heavy atom. The van der Waals surface area contributed by atoms with E-state index in [-0.39, 0.29) is 5.41 Å². The Hall–Kier alpha value is -7.22. The van der Waals surface area contributed by atoms with Gasteiger partial charge in [0.25, 0.3) is 0 Å². The van der Waals surface area contributed by atoms with E-state index in [0.717, 1.165) is 17.1 Å². The molecular formula is C57H43N. The monoisotopic (exact) mass is 741 g/mol. The number of fused-ring (bicyclic) bond motifs is 4. The third kappa shape index (κ3) is 6.51. The zero-order chi connectivity index (χ0) is 39.1. The lowest BCUT2D eigenvalue weighted by molar-refractivity contribution is 0.660. The Morgan fingerprint density at radius 1 is 0.328 bits per heavy atom. The van der Waals surface area contributed by atoms with Gasteiger partial charge in [-0.3, -0.25) is 0 Å². The van der Waals surface area contributed by atoms with Crippen LogP contribution in [-0.2, 0) is 5.41 Å². The van der Waals surface area contributed by atoms with Gasteiger partial charge in [0.2, 0.25) is 0 Å². The van der Waals surface area contributed by atoms with Crippen molar-refractivity contribution < 1.29 is 0 Å². The standard InChI is InChI=1S/C57H43N/c1-57(2)55-36-41(26-34-51(55)52-35-33-50(39-56(52)57)58(48-18-8-4-9-19-48)49-20-10-5-11-21-49)23-22-40-24-27-44(28-25-40)53-37-46-16-12-13-17-47(46)38-54(53)45-31-29-43(30-32-45)42-14-6-3-7-15-42/h3-39H,1-2H3/b23-22+. The van der Waals surface area contributed by atoms with Crippen LogP contribution in [0.1, 0.15) is 36.1 Å². The number of benzene rings is 9. The average Bonchev–Trinajstić information content (AvgIpc) is 3.51. The van der Waals surface area contributed by atoms with Gasteiger partial charge in [-0.05, 0) is 126 Å². The highest BCUT2D eigenvalue weighted by atomic mass is 15.1. The van der Waals surface area contributed by atoms with Gasteiger partial charge in [-0.1, -0.05) is 190 Å².